The molecule has 0 unspecified atom stereocenters. The fourth-order valence-electron chi connectivity index (χ4n) is 7.00. The van der Waals surface area contributed by atoms with E-state index in [2.05, 4.69) is 48.4 Å². The smallest absolute Gasteiger partial charge is 0.237 e. The molecular formula is C34H33FN10O2. The van der Waals surface area contributed by atoms with Crippen LogP contribution in [0.3, 0.4) is 0 Å². The number of likely N-dealkylation sites (tertiary alicyclic amines) is 1. The number of anilines is 1. The van der Waals surface area contributed by atoms with Gasteiger partial charge in [0.25, 0.3) is 0 Å². The van der Waals surface area contributed by atoms with E-state index in [0.717, 1.165) is 23.7 Å². The molecule has 47 heavy (non-hydrogen) atoms. The van der Waals surface area contributed by atoms with Crippen molar-refractivity contribution in [3.63, 3.8) is 0 Å². The van der Waals surface area contributed by atoms with E-state index in [9.17, 15) is 14.0 Å². The number of H-pyrrole nitrogens is 1. The molecule has 2 saturated heterocycles. The Balaban J connectivity index is 0.894. The Morgan fingerprint density at radius 1 is 1.00 bits per heavy atom. The number of carbonyl (C=O) groups is 2. The monoisotopic (exact) mass is 632 g/mol. The van der Waals surface area contributed by atoms with Crippen LogP contribution in [0.2, 0.25) is 0 Å². The Hall–Kier alpha value is -5.30. The molecule has 1 atom stereocenters. The zero-order valence-corrected chi connectivity index (χ0v) is 25.9. The van der Waals surface area contributed by atoms with Crippen LogP contribution in [-0.2, 0) is 16.6 Å². The number of hydrogen-bond donors (Lipinski definition) is 1. The van der Waals surface area contributed by atoms with Crippen molar-refractivity contribution in [3.05, 3.63) is 78.5 Å². The van der Waals surface area contributed by atoms with Gasteiger partial charge in [-0.15, -0.1) is 0 Å². The van der Waals surface area contributed by atoms with Crippen LogP contribution < -0.4 is 4.90 Å². The van der Waals surface area contributed by atoms with Crippen LogP contribution >= 0.6 is 0 Å². The van der Waals surface area contributed by atoms with Crippen LogP contribution in [0.15, 0.2) is 67.1 Å². The second kappa shape index (κ2) is 11.5. The van der Waals surface area contributed by atoms with Crippen LogP contribution in [0.5, 0.6) is 0 Å². The van der Waals surface area contributed by atoms with Gasteiger partial charge in [-0.1, -0.05) is 30.3 Å². The van der Waals surface area contributed by atoms with Crippen LogP contribution in [-0.4, -0.2) is 95.8 Å². The Morgan fingerprint density at radius 2 is 1.83 bits per heavy atom. The maximum Gasteiger partial charge on any atom is 0.237 e. The Kier molecular flexibility index (Phi) is 7.12. The number of nitrogens with one attached hydrogen (secondary N) is 1. The molecule has 3 aliphatic rings. The summed E-state index contributed by atoms with van der Waals surface area (Å²) in [6.07, 6.45) is 7.18. The standard InChI is InChI=1S/C34H33FN10O2/c1-42-21-37-32(41-42)24-4-2-22(3-5-24)23-10-14-44(15-11-23)29(46)19-43-16-12-34(20-43)13-17-45(33(34)47)28-9-8-27-30(38-28)31(40-39-27)26-7-6-25(35)18-36-26/h2-10,18,21H,11-17,19-20H2,1H3,(H,39,40)/t34-/m0/s1. The van der Waals surface area contributed by atoms with Crippen LogP contribution in [0, 0.1) is 11.2 Å². The topological polar surface area (TPSA) is 129 Å². The number of rotatable bonds is 6. The van der Waals surface area contributed by atoms with Gasteiger partial charge in [-0.05, 0) is 61.2 Å². The van der Waals surface area contributed by atoms with Crippen LogP contribution in [0.1, 0.15) is 24.8 Å². The van der Waals surface area contributed by atoms with Crippen molar-refractivity contribution in [3.8, 4) is 22.8 Å². The largest absolute Gasteiger partial charge is 0.338 e. The molecule has 2 fully saturated rings. The van der Waals surface area contributed by atoms with Crippen LogP contribution in [0.25, 0.3) is 39.4 Å². The number of hydrogen-bond acceptors (Lipinski definition) is 8. The van der Waals surface area contributed by atoms with Crippen molar-refractivity contribution < 1.29 is 14.0 Å². The Morgan fingerprint density at radius 3 is 2.57 bits per heavy atom. The van der Waals surface area contributed by atoms with Gasteiger partial charge in [-0.25, -0.2) is 14.4 Å². The number of aromatic nitrogens is 7. The van der Waals surface area contributed by atoms with Crippen molar-refractivity contribution in [2.75, 3.05) is 44.2 Å². The third-order valence-electron chi connectivity index (χ3n) is 9.62. The molecule has 7 heterocycles. The molecule has 12 nitrogen and oxygen atoms in total. The minimum absolute atomic E-state index is 0.0413. The van der Waals surface area contributed by atoms with E-state index in [4.69, 9.17) is 4.98 Å². The number of carbonyl (C=O) groups excluding carboxylic acids is 2. The molecule has 5 aromatic rings. The molecule has 13 heteroatoms. The van der Waals surface area contributed by atoms with Gasteiger partial charge < -0.3 is 4.90 Å². The number of amides is 2. The molecule has 1 aromatic carbocycles. The van der Waals surface area contributed by atoms with Crippen LogP contribution in [0.4, 0.5) is 10.2 Å². The molecule has 4 aromatic heterocycles. The van der Waals surface area contributed by atoms with Crippen molar-refractivity contribution in [2.24, 2.45) is 12.5 Å². The molecule has 1 spiro atoms. The average Bonchev–Trinajstić information content (AvgIpc) is 3.89. The number of fused-ring (bicyclic) bond motifs is 1. The highest BCUT2D eigenvalue weighted by Gasteiger charge is 2.51. The first kappa shape index (κ1) is 29.1. The third-order valence-corrected chi connectivity index (χ3v) is 9.62. The number of aryl methyl sites for hydroxylation is 1. The van der Waals surface area contributed by atoms with E-state index in [1.165, 1.54) is 11.6 Å². The second-order valence-electron chi connectivity index (χ2n) is 12.6. The molecular weight excluding hydrogens is 599 g/mol. The summed E-state index contributed by atoms with van der Waals surface area (Å²) in [6, 6.07) is 14.8. The quantitative estimate of drug-likeness (QED) is 0.300. The Labute approximate surface area is 269 Å². The third kappa shape index (κ3) is 5.35. The first-order valence-corrected chi connectivity index (χ1v) is 15.8. The fraction of sp³-hybridized carbons (Fsp3) is 0.324. The van der Waals surface area contributed by atoms with Crippen molar-refractivity contribution in [2.45, 2.75) is 19.3 Å². The lowest BCUT2D eigenvalue weighted by Crippen LogP contribution is -2.43. The highest BCUT2D eigenvalue weighted by Crippen LogP contribution is 2.42. The lowest BCUT2D eigenvalue weighted by molar-refractivity contribution is -0.132. The lowest BCUT2D eigenvalue weighted by atomic mass is 9.85. The number of pyridine rings is 2. The highest BCUT2D eigenvalue weighted by atomic mass is 19.1. The summed E-state index contributed by atoms with van der Waals surface area (Å²) in [5.74, 6) is 0.955. The normalized spacial score (nSPS) is 20.1. The molecule has 0 saturated carbocycles. The SMILES string of the molecule is Cn1cnc(-c2ccc(C3=CCN(C(=O)CN4CC[C@]5(CCN(c6ccc7[nH]nc(-c8ccc(F)cn8)c7n6)C5=O)C4)CC3)cc2)n1. The lowest BCUT2D eigenvalue weighted by Gasteiger charge is -2.29. The molecule has 0 bridgehead atoms. The first-order chi connectivity index (χ1) is 22.8. The predicted molar refractivity (Wildman–Crippen MR) is 173 cm³/mol. The number of benzene rings is 1. The molecule has 8 rings (SSSR count). The summed E-state index contributed by atoms with van der Waals surface area (Å²) in [5.41, 5.74) is 5.10. The Bertz CT molecular complexity index is 2020. The summed E-state index contributed by atoms with van der Waals surface area (Å²) in [6.45, 7) is 3.35. The summed E-state index contributed by atoms with van der Waals surface area (Å²) < 4.78 is 15.1. The second-order valence-corrected chi connectivity index (χ2v) is 12.6. The van der Waals surface area contributed by atoms with E-state index in [0.29, 0.717) is 86.2 Å². The van der Waals surface area contributed by atoms with Gasteiger partial charge in [0, 0.05) is 38.8 Å². The zero-order chi connectivity index (χ0) is 32.1. The number of halogens is 1. The molecule has 0 radical (unpaired) electrons. The predicted octanol–water partition coefficient (Wildman–Crippen LogP) is 3.70. The maximum atomic E-state index is 13.9. The van der Waals surface area contributed by atoms with Gasteiger partial charge in [0.15, 0.2) is 5.82 Å². The first-order valence-electron chi connectivity index (χ1n) is 15.8. The molecule has 3 aliphatic heterocycles. The van der Waals surface area contributed by atoms with E-state index in [1.54, 1.807) is 22.0 Å². The molecule has 0 aliphatic carbocycles. The van der Waals surface area contributed by atoms with E-state index >= 15 is 0 Å². The average molecular weight is 633 g/mol. The van der Waals surface area contributed by atoms with E-state index in [-0.39, 0.29) is 11.8 Å². The van der Waals surface area contributed by atoms with Gasteiger partial charge in [0.2, 0.25) is 11.8 Å². The maximum absolute atomic E-state index is 13.9. The molecule has 2 amide bonds. The molecule has 238 valence electrons. The summed E-state index contributed by atoms with van der Waals surface area (Å²) in [4.78, 5) is 46.2. The summed E-state index contributed by atoms with van der Waals surface area (Å²) in [7, 11) is 1.85. The minimum Gasteiger partial charge on any atom is -0.338 e. The molecule has 1 N–H and O–H groups in total. The van der Waals surface area contributed by atoms with Crippen molar-refractivity contribution in [1.82, 2.24) is 44.7 Å². The van der Waals surface area contributed by atoms with E-state index < -0.39 is 11.2 Å². The van der Waals surface area contributed by atoms with Gasteiger partial charge in [0.05, 0.1) is 29.4 Å². The number of nitrogens with zero attached hydrogens (tertiary/aromatic N) is 9. The van der Waals surface area contributed by atoms with Gasteiger partial charge >= 0.3 is 0 Å². The van der Waals surface area contributed by atoms with E-state index in [1.807, 2.05) is 36.2 Å². The minimum atomic E-state index is -0.527. The zero-order valence-electron chi connectivity index (χ0n) is 25.9. The van der Waals surface area contributed by atoms with Crippen molar-refractivity contribution >= 4 is 34.2 Å². The summed E-state index contributed by atoms with van der Waals surface area (Å²) >= 11 is 0. The van der Waals surface area contributed by atoms with Crippen molar-refractivity contribution in [1.29, 1.82) is 0 Å². The number of aromatic amines is 1. The summed E-state index contributed by atoms with van der Waals surface area (Å²) in [5, 5.41) is 11.7. The fourth-order valence-corrected chi connectivity index (χ4v) is 7.00. The van der Waals surface area contributed by atoms with Gasteiger partial charge in [0.1, 0.15) is 29.2 Å². The van der Waals surface area contributed by atoms with Gasteiger partial charge in [-0.3, -0.25) is 34.2 Å². The highest BCUT2D eigenvalue weighted by molar-refractivity contribution is 6.01. The van der Waals surface area contributed by atoms with Gasteiger partial charge in [-0.2, -0.15) is 10.2 Å².